The van der Waals surface area contributed by atoms with Gasteiger partial charge in [-0.2, -0.15) is 0 Å². The summed E-state index contributed by atoms with van der Waals surface area (Å²) < 4.78 is 0. The van der Waals surface area contributed by atoms with Gasteiger partial charge in [-0.3, -0.25) is 9.78 Å². The van der Waals surface area contributed by atoms with E-state index in [-0.39, 0.29) is 5.91 Å². The molecule has 0 aliphatic heterocycles. The average Bonchev–Trinajstić information content (AvgIpc) is 2.78. The predicted molar refractivity (Wildman–Crippen MR) is 120 cm³/mol. The van der Waals surface area contributed by atoms with Crippen molar-refractivity contribution in [3.63, 3.8) is 0 Å². The van der Waals surface area contributed by atoms with Gasteiger partial charge in [0.1, 0.15) is 0 Å². The molecule has 1 heterocycles. The summed E-state index contributed by atoms with van der Waals surface area (Å²) >= 11 is 5.84. The van der Waals surface area contributed by atoms with Crippen molar-refractivity contribution in [2.45, 2.75) is 5.88 Å². The fourth-order valence-electron chi connectivity index (χ4n) is 3.34. The molecule has 0 atom stereocenters. The molecule has 4 aromatic rings. The lowest BCUT2D eigenvalue weighted by atomic mass is 10.1. The highest BCUT2D eigenvalue weighted by Crippen LogP contribution is 2.32. The van der Waals surface area contributed by atoms with Crippen LogP contribution >= 0.6 is 11.6 Å². The van der Waals surface area contributed by atoms with Crippen LogP contribution in [0.15, 0.2) is 85.1 Å². The molecular weight excluding hydrogens is 382 g/mol. The third kappa shape index (κ3) is 3.93. The largest absolute Gasteiger partial charge is 0.343 e. The third-order valence-corrected chi connectivity index (χ3v) is 5.17. The number of nitrogens with zero attached hydrogens (tertiary/aromatic N) is 2. The van der Waals surface area contributed by atoms with Crippen LogP contribution in [-0.4, -0.2) is 17.9 Å². The van der Waals surface area contributed by atoms with Gasteiger partial charge in [0.05, 0.1) is 22.5 Å². The number of alkyl halides is 1. The van der Waals surface area contributed by atoms with E-state index >= 15 is 0 Å². The van der Waals surface area contributed by atoms with Crippen molar-refractivity contribution in [1.29, 1.82) is 0 Å². The number of aromatic nitrogens is 1. The second-order valence-electron chi connectivity index (χ2n) is 6.71. The quantitative estimate of drug-likeness (QED) is 0.417. The Bertz CT molecular complexity index is 1150. The molecule has 29 heavy (non-hydrogen) atoms. The molecule has 0 radical (unpaired) electrons. The van der Waals surface area contributed by atoms with Crippen molar-refractivity contribution in [2.24, 2.45) is 0 Å². The van der Waals surface area contributed by atoms with E-state index in [9.17, 15) is 4.79 Å². The van der Waals surface area contributed by atoms with E-state index in [1.165, 1.54) is 0 Å². The Hall–Kier alpha value is -3.37. The number of hydrogen-bond donors (Lipinski definition) is 1. The lowest BCUT2D eigenvalue weighted by Crippen LogP contribution is -2.18. The second-order valence-corrected chi connectivity index (χ2v) is 6.98. The van der Waals surface area contributed by atoms with E-state index < -0.39 is 0 Å². The van der Waals surface area contributed by atoms with E-state index in [2.05, 4.69) is 10.3 Å². The van der Waals surface area contributed by atoms with E-state index in [0.29, 0.717) is 11.4 Å². The molecule has 1 N–H and O–H groups in total. The number of benzene rings is 3. The maximum absolute atomic E-state index is 13.0. The van der Waals surface area contributed by atoms with Crippen molar-refractivity contribution in [3.8, 4) is 0 Å². The smallest absolute Gasteiger partial charge is 0.257 e. The highest BCUT2D eigenvalue weighted by atomic mass is 35.5. The summed E-state index contributed by atoms with van der Waals surface area (Å²) in [6.07, 6.45) is 1.79. The molecule has 0 bridgehead atoms. The van der Waals surface area contributed by atoms with Crippen LogP contribution in [0.1, 0.15) is 15.9 Å². The fraction of sp³-hybridized carbons (Fsp3) is 0.0833. The number of rotatable bonds is 5. The van der Waals surface area contributed by atoms with Gasteiger partial charge in [-0.1, -0.05) is 42.5 Å². The molecule has 1 aromatic heterocycles. The number of halogens is 1. The summed E-state index contributed by atoms with van der Waals surface area (Å²) in [5.41, 5.74) is 5.06. The number of carbonyl (C=O) groups excluding carboxylic acids is 1. The van der Waals surface area contributed by atoms with Gasteiger partial charge in [0, 0.05) is 30.2 Å². The van der Waals surface area contributed by atoms with Crippen LogP contribution in [0.2, 0.25) is 0 Å². The first kappa shape index (κ1) is 19.0. The van der Waals surface area contributed by atoms with Crippen LogP contribution in [0.3, 0.4) is 0 Å². The lowest BCUT2D eigenvalue weighted by molar-refractivity contribution is 0.102. The molecule has 0 aliphatic rings. The van der Waals surface area contributed by atoms with Crippen LogP contribution in [0, 0.1) is 0 Å². The zero-order valence-electron chi connectivity index (χ0n) is 16.0. The van der Waals surface area contributed by atoms with E-state index in [1.54, 1.807) is 6.20 Å². The van der Waals surface area contributed by atoms with Gasteiger partial charge in [-0.05, 0) is 42.0 Å². The number of amides is 1. The molecule has 0 fully saturated rings. The molecule has 0 spiro atoms. The standard InChI is InChI=1S/C24H20ClN3O/c1-28(23-14-15-26-21-8-4-2-6-19(21)23)22-9-5-3-7-20(22)24(29)27-18-12-10-17(16-25)11-13-18/h2-15H,16H2,1H3,(H,27,29). The van der Waals surface area contributed by atoms with Gasteiger partial charge in [-0.25, -0.2) is 0 Å². The van der Waals surface area contributed by atoms with Gasteiger partial charge in [0.15, 0.2) is 0 Å². The van der Waals surface area contributed by atoms with E-state index in [4.69, 9.17) is 11.6 Å². The first-order valence-electron chi connectivity index (χ1n) is 9.30. The Labute approximate surface area is 174 Å². The van der Waals surface area contributed by atoms with Crippen LogP contribution in [0.5, 0.6) is 0 Å². The normalized spacial score (nSPS) is 10.7. The van der Waals surface area contributed by atoms with Gasteiger partial charge in [0.2, 0.25) is 0 Å². The summed E-state index contributed by atoms with van der Waals surface area (Å²) in [5, 5.41) is 4.00. The first-order valence-corrected chi connectivity index (χ1v) is 9.83. The Balaban J connectivity index is 1.67. The zero-order chi connectivity index (χ0) is 20.2. The molecule has 0 saturated carbocycles. The summed E-state index contributed by atoms with van der Waals surface area (Å²) in [4.78, 5) is 19.5. The van der Waals surface area contributed by atoms with Gasteiger partial charge in [-0.15, -0.1) is 11.6 Å². The minimum Gasteiger partial charge on any atom is -0.343 e. The fourth-order valence-corrected chi connectivity index (χ4v) is 3.51. The zero-order valence-corrected chi connectivity index (χ0v) is 16.7. The predicted octanol–water partition coefficient (Wildman–Crippen LogP) is 5.99. The lowest BCUT2D eigenvalue weighted by Gasteiger charge is -2.23. The molecule has 0 unspecified atom stereocenters. The monoisotopic (exact) mass is 401 g/mol. The Morgan fingerprint density at radius 2 is 1.66 bits per heavy atom. The average molecular weight is 402 g/mol. The number of nitrogens with one attached hydrogen (secondary N) is 1. The van der Waals surface area contributed by atoms with Crippen LogP contribution in [0.4, 0.5) is 17.1 Å². The van der Waals surface area contributed by atoms with Crippen molar-refractivity contribution in [3.05, 3.63) is 96.2 Å². The molecule has 3 aromatic carbocycles. The third-order valence-electron chi connectivity index (χ3n) is 4.86. The van der Waals surface area contributed by atoms with Crippen LogP contribution in [-0.2, 0) is 5.88 Å². The molecule has 0 aliphatic carbocycles. The summed E-state index contributed by atoms with van der Waals surface area (Å²) in [5.74, 6) is 0.284. The number of pyridine rings is 1. The molecule has 5 heteroatoms. The maximum atomic E-state index is 13.0. The van der Waals surface area contributed by atoms with Gasteiger partial charge >= 0.3 is 0 Å². The second kappa shape index (κ2) is 8.33. The van der Waals surface area contributed by atoms with Gasteiger partial charge in [0.25, 0.3) is 5.91 Å². The highest BCUT2D eigenvalue weighted by molar-refractivity contribution is 6.17. The number of hydrogen-bond acceptors (Lipinski definition) is 3. The van der Waals surface area contributed by atoms with Crippen LogP contribution in [0.25, 0.3) is 10.9 Å². The molecule has 4 rings (SSSR count). The molecular formula is C24H20ClN3O. The maximum Gasteiger partial charge on any atom is 0.257 e. The minimum atomic E-state index is -0.163. The van der Waals surface area contributed by atoms with Crippen molar-refractivity contribution < 1.29 is 4.79 Å². The Morgan fingerprint density at radius 3 is 2.45 bits per heavy atom. The van der Waals surface area contributed by atoms with Gasteiger partial charge < -0.3 is 10.2 Å². The van der Waals surface area contributed by atoms with Crippen molar-refractivity contribution in [1.82, 2.24) is 4.98 Å². The highest BCUT2D eigenvalue weighted by Gasteiger charge is 2.17. The molecule has 144 valence electrons. The number of anilines is 3. The van der Waals surface area contributed by atoms with E-state index in [1.807, 2.05) is 90.8 Å². The summed E-state index contributed by atoms with van der Waals surface area (Å²) in [7, 11) is 1.96. The Morgan fingerprint density at radius 1 is 0.931 bits per heavy atom. The molecule has 1 amide bonds. The van der Waals surface area contributed by atoms with Crippen LogP contribution < -0.4 is 10.2 Å². The summed E-state index contributed by atoms with van der Waals surface area (Å²) in [6.45, 7) is 0. The number of fused-ring (bicyclic) bond motifs is 1. The van der Waals surface area contributed by atoms with Crippen molar-refractivity contribution in [2.75, 3.05) is 17.3 Å². The summed E-state index contributed by atoms with van der Waals surface area (Å²) in [6, 6.07) is 25.0. The SMILES string of the molecule is CN(c1ccccc1C(=O)Nc1ccc(CCl)cc1)c1ccnc2ccccc12. The number of para-hydroxylation sites is 2. The van der Waals surface area contributed by atoms with Crippen molar-refractivity contribution >= 4 is 45.5 Å². The topological polar surface area (TPSA) is 45.2 Å². The minimum absolute atomic E-state index is 0.163. The first-order chi connectivity index (χ1) is 14.2. The molecule has 0 saturated heterocycles. The molecule has 4 nitrogen and oxygen atoms in total. The van der Waals surface area contributed by atoms with E-state index in [0.717, 1.165) is 33.5 Å². The number of carbonyl (C=O) groups is 1. The Kier molecular flexibility index (Phi) is 5.45.